The number of thioether (sulfide) groups is 1. The molecule has 2 aromatic rings. The normalized spacial score (nSPS) is 27.1. The van der Waals surface area contributed by atoms with Crippen molar-refractivity contribution in [3.63, 3.8) is 0 Å². The number of H-pyrrole nitrogens is 2. The Bertz CT molecular complexity index is 1760. The first-order chi connectivity index (χ1) is 21.3. The van der Waals surface area contributed by atoms with Gasteiger partial charge in [-0.15, -0.1) is 0 Å². The molecule has 5 rings (SSSR count). The van der Waals surface area contributed by atoms with Crippen LogP contribution in [0, 0.1) is 25.7 Å². The van der Waals surface area contributed by atoms with E-state index in [-0.39, 0.29) is 47.1 Å². The van der Waals surface area contributed by atoms with Crippen LogP contribution in [0.5, 0.6) is 0 Å². The van der Waals surface area contributed by atoms with Crippen molar-refractivity contribution in [1.29, 1.82) is 0 Å². The number of amides is 1. The molecule has 0 radical (unpaired) electrons. The molecule has 0 aromatic carbocycles. The Hall–Kier alpha value is -3.61. The Kier molecular flexibility index (Phi) is 9.48. The number of allylic oxidation sites excluding steroid dienone is 1. The van der Waals surface area contributed by atoms with Crippen LogP contribution >= 0.6 is 24.4 Å². The second-order valence-electron chi connectivity index (χ2n) is 12.1. The number of carbonyl (C=O) groups is 3. The molecule has 45 heavy (non-hydrogen) atoms. The van der Waals surface area contributed by atoms with E-state index in [4.69, 9.17) is 0 Å². The first-order valence-electron chi connectivity index (χ1n) is 15.0. The number of aromatic amines is 2. The molecule has 1 unspecified atom stereocenters. The van der Waals surface area contributed by atoms with E-state index in [9.17, 15) is 29.7 Å². The first-order valence-corrected chi connectivity index (χ1v) is 16.6. The van der Waals surface area contributed by atoms with E-state index in [1.54, 1.807) is 17.8 Å². The maximum absolute atomic E-state index is 12.7. The molecule has 3 aliphatic heterocycles. The van der Waals surface area contributed by atoms with Crippen LogP contribution in [-0.4, -0.2) is 71.7 Å². The highest BCUT2D eigenvalue weighted by molar-refractivity contribution is 8.07. The summed E-state index contributed by atoms with van der Waals surface area (Å²) in [6, 6.07) is -0.273. The molecule has 2 aromatic heterocycles. The lowest BCUT2D eigenvalue weighted by atomic mass is 9.91. The molecule has 2 saturated heterocycles. The third-order valence-corrected chi connectivity index (χ3v) is 10.3. The first kappa shape index (κ1) is 32.8. The number of carboxylic acid groups (broad SMARTS) is 2. The maximum atomic E-state index is 12.7. The summed E-state index contributed by atoms with van der Waals surface area (Å²) in [4.78, 5) is 42.6. The zero-order valence-electron chi connectivity index (χ0n) is 25.9. The van der Waals surface area contributed by atoms with Gasteiger partial charge in [0, 0.05) is 79.5 Å². The summed E-state index contributed by atoms with van der Waals surface area (Å²) in [5.41, 5.74) is 7.25. The Balaban J connectivity index is 1.65. The van der Waals surface area contributed by atoms with E-state index in [1.807, 2.05) is 52.8 Å². The highest BCUT2D eigenvalue weighted by Crippen LogP contribution is 2.40. The molecule has 0 saturated carbocycles. The van der Waals surface area contributed by atoms with Gasteiger partial charge in [-0.05, 0) is 73.8 Å². The number of hydrogen-bond acceptors (Lipinski definition) is 7. The molecule has 2 fully saturated rings. The average molecular weight is 653 g/mol. The molecule has 5 heterocycles. The fraction of sp³-hybridized carbons (Fsp3) is 0.424. The standard InChI is InChI=1S/C33H40N4O6S2/c1-14-19(6-8-28(38)39)24(34-21(14)10-23-16(3)31(27-13-45-27)33(43)36-23)12-25-20(7-9-29(40)41)15(2)22(35-25)11-26-30(18(5)44)17(4)32(42)37-26/h7,9-12,17-18,23,27,30,32,34-35,37,42,44H,6,8,13H2,1-5H3,(H,36,43)(H,38,39)(H,40,41)/b9-7-,21-10+,24-12-,26-11-/t17-,18+,23-,27-,30+,32?/m1/s1. The minimum atomic E-state index is -1.08. The van der Waals surface area contributed by atoms with Crippen molar-refractivity contribution < 1.29 is 29.7 Å². The molecule has 7 N–H and O–H groups in total. The topological polar surface area (TPSA) is 168 Å². The monoisotopic (exact) mass is 652 g/mol. The van der Waals surface area contributed by atoms with Crippen LogP contribution in [0.4, 0.5) is 0 Å². The van der Waals surface area contributed by atoms with Crippen LogP contribution in [0.2, 0.25) is 0 Å². The van der Waals surface area contributed by atoms with Crippen molar-refractivity contribution in [3.05, 3.63) is 67.3 Å². The van der Waals surface area contributed by atoms with Crippen molar-refractivity contribution in [2.45, 2.75) is 70.2 Å². The van der Waals surface area contributed by atoms with Gasteiger partial charge in [0.05, 0.1) is 6.04 Å². The largest absolute Gasteiger partial charge is 0.481 e. The van der Waals surface area contributed by atoms with E-state index >= 15 is 0 Å². The zero-order valence-corrected chi connectivity index (χ0v) is 27.6. The number of aromatic nitrogens is 2. The molecule has 1 amide bonds. The molecule has 0 aliphatic carbocycles. The van der Waals surface area contributed by atoms with Gasteiger partial charge in [-0.25, -0.2) is 4.79 Å². The fourth-order valence-electron chi connectivity index (χ4n) is 6.44. The number of rotatable bonds is 10. The van der Waals surface area contributed by atoms with Gasteiger partial charge in [0.2, 0.25) is 5.91 Å². The number of aliphatic hydroxyl groups is 1. The molecular weight excluding hydrogens is 613 g/mol. The number of aliphatic carboxylic acids is 2. The van der Waals surface area contributed by atoms with Gasteiger partial charge in [-0.3, -0.25) is 9.59 Å². The Labute approximate surface area is 271 Å². The van der Waals surface area contributed by atoms with Crippen molar-refractivity contribution >= 4 is 66.5 Å². The third kappa shape index (κ3) is 6.83. The zero-order chi connectivity index (χ0) is 32.7. The molecule has 6 atom stereocenters. The molecule has 0 bridgehead atoms. The third-order valence-electron chi connectivity index (χ3n) is 9.06. The SMILES string of the molecule is CC1=C([C@H]2CS2)C(=O)N[C@@H]1/C=c1/[nH]/c(=C\c2[nH]c(/C=C3\NC(O)[C@H](C)[C@H]3[C@H](C)S)c(C)c2/C=C\C(=O)O)c(CCC(=O)O)c1C. The number of nitrogens with one attached hydrogen (secondary N) is 4. The van der Waals surface area contributed by atoms with Crippen LogP contribution in [0.1, 0.15) is 60.8 Å². The van der Waals surface area contributed by atoms with Gasteiger partial charge < -0.3 is 35.9 Å². The van der Waals surface area contributed by atoms with Gasteiger partial charge in [-0.2, -0.15) is 24.4 Å². The van der Waals surface area contributed by atoms with E-state index in [0.717, 1.165) is 56.4 Å². The second-order valence-corrected chi connectivity index (χ2v) is 14.2. The number of thiol groups is 1. The summed E-state index contributed by atoms with van der Waals surface area (Å²) in [6.45, 7) is 9.76. The van der Waals surface area contributed by atoms with Crippen LogP contribution in [0.15, 0.2) is 22.9 Å². The molecule has 12 heteroatoms. The molecule has 240 valence electrons. The molecule has 3 aliphatic rings. The average Bonchev–Trinajstić information content (AvgIpc) is 3.52. The quantitative estimate of drug-likeness (QED) is 0.110. The van der Waals surface area contributed by atoms with E-state index in [1.165, 1.54) is 0 Å². The van der Waals surface area contributed by atoms with Gasteiger partial charge in [0.15, 0.2) is 0 Å². The van der Waals surface area contributed by atoms with Crippen LogP contribution in [0.3, 0.4) is 0 Å². The van der Waals surface area contributed by atoms with Gasteiger partial charge in [-0.1, -0.05) is 13.8 Å². The lowest BCUT2D eigenvalue weighted by molar-refractivity contribution is -0.137. The van der Waals surface area contributed by atoms with Crippen molar-refractivity contribution in [2.24, 2.45) is 11.8 Å². The van der Waals surface area contributed by atoms with Crippen molar-refractivity contribution in [2.75, 3.05) is 5.75 Å². The smallest absolute Gasteiger partial charge is 0.328 e. The van der Waals surface area contributed by atoms with Gasteiger partial charge in [0.1, 0.15) is 6.23 Å². The van der Waals surface area contributed by atoms with Crippen molar-refractivity contribution in [1.82, 2.24) is 20.6 Å². The summed E-state index contributed by atoms with van der Waals surface area (Å²) in [5, 5.41) is 37.3. The van der Waals surface area contributed by atoms with Crippen LogP contribution < -0.4 is 21.3 Å². The lowest BCUT2D eigenvalue weighted by Gasteiger charge is -2.19. The summed E-state index contributed by atoms with van der Waals surface area (Å²) in [7, 11) is 0. The Morgan fingerprint density at radius 2 is 1.78 bits per heavy atom. The highest BCUT2D eigenvalue weighted by atomic mass is 32.2. The summed E-state index contributed by atoms with van der Waals surface area (Å²) in [6.07, 6.45) is 7.92. The molecule has 10 nitrogen and oxygen atoms in total. The Morgan fingerprint density at radius 1 is 1.07 bits per heavy atom. The minimum absolute atomic E-state index is 0.0147. The molecular formula is C33H40N4O6S2. The van der Waals surface area contributed by atoms with Gasteiger partial charge >= 0.3 is 11.9 Å². The van der Waals surface area contributed by atoms with Gasteiger partial charge in [0.25, 0.3) is 0 Å². The van der Waals surface area contributed by atoms with Crippen LogP contribution in [0.25, 0.3) is 24.3 Å². The maximum Gasteiger partial charge on any atom is 0.328 e. The van der Waals surface area contributed by atoms with E-state index in [0.29, 0.717) is 16.6 Å². The summed E-state index contributed by atoms with van der Waals surface area (Å²) >= 11 is 6.41. The van der Waals surface area contributed by atoms with Crippen LogP contribution in [-0.2, 0) is 20.8 Å². The predicted molar refractivity (Wildman–Crippen MR) is 180 cm³/mol. The highest BCUT2D eigenvalue weighted by Gasteiger charge is 2.39. The van der Waals surface area contributed by atoms with E-state index < -0.39 is 18.2 Å². The predicted octanol–water partition coefficient (Wildman–Crippen LogP) is 2.45. The number of carbonyl (C=O) groups excluding carboxylic acids is 1. The van der Waals surface area contributed by atoms with E-state index in [2.05, 4.69) is 33.2 Å². The second kappa shape index (κ2) is 13.0. The fourth-order valence-corrected chi connectivity index (χ4v) is 7.60. The summed E-state index contributed by atoms with van der Waals surface area (Å²) in [5.74, 6) is -1.16. The Morgan fingerprint density at radius 3 is 2.40 bits per heavy atom. The number of hydrogen-bond donors (Lipinski definition) is 8. The molecule has 0 spiro atoms. The van der Waals surface area contributed by atoms with Crippen molar-refractivity contribution in [3.8, 4) is 0 Å². The summed E-state index contributed by atoms with van der Waals surface area (Å²) < 4.78 is 0. The number of aliphatic hydroxyl groups excluding tert-OH is 1. The number of carboxylic acids is 2. The lowest BCUT2D eigenvalue weighted by Crippen LogP contribution is -2.29. The minimum Gasteiger partial charge on any atom is -0.481 e.